The first-order valence-electron chi connectivity index (χ1n) is 9.07. The van der Waals surface area contributed by atoms with E-state index in [2.05, 4.69) is 5.32 Å². The third-order valence-electron chi connectivity index (χ3n) is 4.85. The van der Waals surface area contributed by atoms with Crippen LogP contribution >= 0.6 is 0 Å². The highest BCUT2D eigenvalue weighted by Gasteiger charge is 2.27. The molecule has 0 aliphatic heterocycles. The number of halogens is 2. The van der Waals surface area contributed by atoms with Gasteiger partial charge in [0.25, 0.3) is 0 Å². The van der Waals surface area contributed by atoms with Gasteiger partial charge in [0.15, 0.2) is 9.84 Å². The molecule has 5 nitrogen and oxygen atoms in total. The average molecular weight is 421 g/mol. The molecule has 1 heterocycles. The zero-order valence-corrected chi connectivity index (χ0v) is 17.0. The molecule has 0 radical (unpaired) electrons. The van der Waals surface area contributed by atoms with Crippen LogP contribution in [0, 0.1) is 18.6 Å². The number of nitrogens with one attached hydrogen (secondary N) is 1. The van der Waals surface area contributed by atoms with E-state index in [0.717, 1.165) is 12.1 Å². The summed E-state index contributed by atoms with van der Waals surface area (Å²) in [5, 5.41) is 2.35. The number of furan rings is 1. The second-order valence-corrected chi connectivity index (χ2v) is 9.40. The number of carbonyl (C=O) groups is 1. The Kier molecular flexibility index (Phi) is 5.75. The Morgan fingerprint density at radius 1 is 1.07 bits per heavy atom. The summed E-state index contributed by atoms with van der Waals surface area (Å²) in [5.41, 5.74) is 1.21. The number of amides is 1. The Morgan fingerprint density at radius 3 is 2.34 bits per heavy atom. The summed E-state index contributed by atoms with van der Waals surface area (Å²) in [7, 11) is -3.78. The molecule has 29 heavy (non-hydrogen) atoms. The fourth-order valence-electron chi connectivity index (χ4n) is 3.22. The van der Waals surface area contributed by atoms with E-state index in [1.165, 1.54) is 37.3 Å². The fraction of sp³-hybridized carbons (Fsp3) is 0.286. The van der Waals surface area contributed by atoms with E-state index in [1.807, 2.05) is 0 Å². The highest BCUT2D eigenvalue weighted by atomic mass is 32.2. The van der Waals surface area contributed by atoms with Gasteiger partial charge in [-0.2, -0.15) is 0 Å². The van der Waals surface area contributed by atoms with Crippen molar-refractivity contribution in [2.45, 2.75) is 43.4 Å². The molecule has 0 bridgehead atoms. The van der Waals surface area contributed by atoms with Gasteiger partial charge in [-0.05, 0) is 63.2 Å². The third-order valence-corrected chi connectivity index (χ3v) is 7.01. The normalized spacial score (nSPS) is 14.0. The molecular weight excluding hydrogens is 400 g/mol. The van der Waals surface area contributed by atoms with Crippen LogP contribution in [0.2, 0.25) is 0 Å². The minimum atomic E-state index is -3.78. The van der Waals surface area contributed by atoms with E-state index < -0.39 is 32.9 Å². The largest absolute Gasteiger partial charge is 0.459 e. The predicted octanol–water partition coefficient (Wildman–Crippen LogP) is 4.45. The zero-order chi connectivity index (χ0) is 21.3. The molecule has 2 aromatic carbocycles. The summed E-state index contributed by atoms with van der Waals surface area (Å²) >= 11 is 0. The van der Waals surface area contributed by atoms with Crippen LogP contribution in [-0.4, -0.2) is 19.6 Å². The number of sulfone groups is 1. The van der Waals surface area contributed by atoms with Gasteiger partial charge in [-0.25, -0.2) is 17.2 Å². The molecule has 0 saturated carbocycles. The Morgan fingerprint density at radius 2 is 1.69 bits per heavy atom. The lowest BCUT2D eigenvalue weighted by molar-refractivity contribution is -0.121. The summed E-state index contributed by atoms with van der Waals surface area (Å²) in [4.78, 5) is 12.4. The molecule has 0 saturated heterocycles. The summed E-state index contributed by atoms with van der Waals surface area (Å²) in [5.74, 6) is -0.913. The van der Waals surface area contributed by atoms with Gasteiger partial charge in [-0.3, -0.25) is 4.79 Å². The monoisotopic (exact) mass is 421 g/mol. The van der Waals surface area contributed by atoms with Crippen molar-refractivity contribution in [1.29, 1.82) is 0 Å². The molecule has 1 N–H and O–H groups in total. The van der Waals surface area contributed by atoms with Gasteiger partial charge in [0.1, 0.15) is 23.0 Å². The maximum Gasteiger partial charge on any atom is 0.221 e. The highest BCUT2D eigenvalue weighted by molar-refractivity contribution is 7.92. The number of rotatable bonds is 6. The van der Waals surface area contributed by atoms with Crippen molar-refractivity contribution < 1.29 is 26.4 Å². The Hall–Kier alpha value is -2.74. The maximum atomic E-state index is 13.5. The van der Waals surface area contributed by atoms with E-state index in [-0.39, 0.29) is 17.1 Å². The van der Waals surface area contributed by atoms with Crippen LogP contribution in [0.25, 0.3) is 11.0 Å². The molecule has 0 aliphatic rings. The lowest BCUT2D eigenvalue weighted by Crippen LogP contribution is -2.32. The summed E-state index contributed by atoms with van der Waals surface area (Å²) in [6, 6.07) is 8.14. The summed E-state index contributed by atoms with van der Waals surface area (Å²) < 4.78 is 57.4. The van der Waals surface area contributed by atoms with Gasteiger partial charge in [-0.1, -0.05) is 0 Å². The number of fused-ring (bicyclic) bond motifs is 1. The standard InChI is InChI=1S/C21H21F2NO4S/c1-12(29(26,27)17-7-4-15(22)5-8-17)10-20(25)24-14(3)21-13(2)18-11-16(23)6-9-19(18)28-21/h4-9,11-12,14H,10H2,1-3H3,(H,24,25). The van der Waals surface area contributed by atoms with Crippen LogP contribution in [0.3, 0.4) is 0 Å². The van der Waals surface area contributed by atoms with Crippen LogP contribution < -0.4 is 5.32 Å². The number of benzene rings is 2. The highest BCUT2D eigenvalue weighted by Crippen LogP contribution is 2.30. The molecule has 0 aliphatic carbocycles. The molecule has 3 aromatic rings. The van der Waals surface area contributed by atoms with Crippen molar-refractivity contribution in [3.8, 4) is 0 Å². The third kappa shape index (κ3) is 4.32. The van der Waals surface area contributed by atoms with Crippen LogP contribution in [0.4, 0.5) is 8.78 Å². The minimum absolute atomic E-state index is 0.0394. The van der Waals surface area contributed by atoms with E-state index in [1.54, 1.807) is 13.8 Å². The van der Waals surface area contributed by atoms with Crippen molar-refractivity contribution in [3.63, 3.8) is 0 Å². The number of hydrogen-bond donors (Lipinski definition) is 1. The Balaban J connectivity index is 1.71. The molecule has 8 heteroatoms. The van der Waals surface area contributed by atoms with Crippen molar-refractivity contribution in [3.05, 3.63) is 65.4 Å². The molecule has 2 unspecified atom stereocenters. The quantitative estimate of drug-likeness (QED) is 0.597. The number of aryl methyl sites for hydroxylation is 1. The first-order chi connectivity index (χ1) is 13.6. The van der Waals surface area contributed by atoms with Crippen molar-refractivity contribution in [1.82, 2.24) is 5.32 Å². The van der Waals surface area contributed by atoms with Crippen LogP contribution in [0.5, 0.6) is 0 Å². The zero-order valence-electron chi connectivity index (χ0n) is 16.2. The topological polar surface area (TPSA) is 76.4 Å². The van der Waals surface area contributed by atoms with Gasteiger partial charge >= 0.3 is 0 Å². The van der Waals surface area contributed by atoms with Crippen molar-refractivity contribution in [2.24, 2.45) is 0 Å². The van der Waals surface area contributed by atoms with E-state index in [0.29, 0.717) is 22.3 Å². The summed E-state index contributed by atoms with van der Waals surface area (Å²) in [6.45, 7) is 4.90. The van der Waals surface area contributed by atoms with Gasteiger partial charge in [0, 0.05) is 17.4 Å². The van der Waals surface area contributed by atoms with Crippen LogP contribution in [-0.2, 0) is 14.6 Å². The molecular formula is C21H21F2NO4S. The molecule has 0 fully saturated rings. The number of hydrogen-bond acceptors (Lipinski definition) is 4. The van der Waals surface area contributed by atoms with Crippen molar-refractivity contribution >= 4 is 26.7 Å². The van der Waals surface area contributed by atoms with Gasteiger partial charge in [0.05, 0.1) is 16.2 Å². The smallest absolute Gasteiger partial charge is 0.221 e. The minimum Gasteiger partial charge on any atom is -0.459 e. The second-order valence-electron chi connectivity index (χ2n) is 7.03. The van der Waals surface area contributed by atoms with E-state index in [4.69, 9.17) is 4.42 Å². The van der Waals surface area contributed by atoms with Crippen LogP contribution in [0.15, 0.2) is 51.8 Å². The Labute approximate surface area is 167 Å². The van der Waals surface area contributed by atoms with E-state index in [9.17, 15) is 22.0 Å². The summed E-state index contributed by atoms with van der Waals surface area (Å²) in [6.07, 6.45) is -0.266. The van der Waals surface area contributed by atoms with Gasteiger partial charge in [0.2, 0.25) is 5.91 Å². The van der Waals surface area contributed by atoms with Gasteiger partial charge in [-0.15, -0.1) is 0 Å². The van der Waals surface area contributed by atoms with E-state index >= 15 is 0 Å². The second kappa shape index (κ2) is 7.94. The first-order valence-corrected chi connectivity index (χ1v) is 10.6. The van der Waals surface area contributed by atoms with Crippen LogP contribution in [0.1, 0.15) is 37.6 Å². The molecule has 2 atom stereocenters. The van der Waals surface area contributed by atoms with Crippen molar-refractivity contribution in [2.75, 3.05) is 0 Å². The predicted molar refractivity (Wildman–Crippen MR) is 105 cm³/mol. The average Bonchev–Trinajstić information content (AvgIpc) is 2.98. The SMILES string of the molecule is Cc1c(C(C)NC(=O)CC(C)S(=O)(=O)c2ccc(F)cc2)oc2ccc(F)cc12. The first kappa shape index (κ1) is 21.0. The molecule has 0 spiro atoms. The Bertz CT molecular complexity index is 1150. The molecule has 154 valence electrons. The van der Waals surface area contributed by atoms with Gasteiger partial charge < -0.3 is 9.73 Å². The molecule has 1 amide bonds. The number of carbonyl (C=O) groups excluding carboxylic acids is 1. The maximum absolute atomic E-state index is 13.5. The lowest BCUT2D eigenvalue weighted by Gasteiger charge is -2.16. The fourth-order valence-corrected chi connectivity index (χ4v) is 4.57. The molecule has 1 aromatic heterocycles. The lowest BCUT2D eigenvalue weighted by atomic mass is 10.1. The molecule has 3 rings (SSSR count).